The van der Waals surface area contributed by atoms with Crippen molar-refractivity contribution in [3.05, 3.63) is 124 Å². The van der Waals surface area contributed by atoms with Gasteiger partial charge in [-0.05, 0) is 197 Å². The van der Waals surface area contributed by atoms with Crippen molar-refractivity contribution >= 4 is 0 Å². The van der Waals surface area contributed by atoms with Crippen LogP contribution in [0.4, 0.5) is 0 Å². The zero-order valence-corrected chi connectivity index (χ0v) is 30.8. The first-order valence-corrected chi connectivity index (χ1v) is 20.1. The minimum atomic E-state index is 0.237. The summed E-state index contributed by atoms with van der Waals surface area (Å²) in [6.07, 6.45) is 16.8. The molecule has 2 heteroatoms. The fraction of sp³-hybridized carbons (Fsp3) is 0.440. The molecular weight excluding hydrogens is 633 g/mol. The summed E-state index contributed by atoms with van der Waals surface area (Å²) >= 11 is 0. The molecule has 0 N–H and O–H groups in total. The molecule has 4 aromatic rings. The van der Waals surface area contributed by atoms with Gasteiger partial charge in [0, 0.05) is 39.4 Å². The van der Waals surface area contributed by atoms with Gasteiger partial charge in [0.15, 0.2) is 0 Å². The molecule has 0 spiro atoms. The summed E-state index contributed by atoms with van der Waals surface area (Å²) in [5.74, 6) is 21.5. The summed E-state index contributed by atoms with van der Waals surface area (Å²) in [6.45, 7) is 2.09. The summed E-state index contributed by atoms with van der Waals surface area (Å²) in [5, 5.41) is 0. The number of benzene rings is 4. The molecule has 0 aromatic heterocycles. The van der Waals surface area contributed by atoms with Crippen molar-refractivity contribution in [1.82, 2.24) is 0 Å². The van der Waals surface area contributed by atoms with Crippen LogP contribution in [0.3, 0.4) is 0 Å². The topological polar surface area (TPSA) is 18.5 Å². The van der Waals surface area contributed by atoms with Crippen LogP contribution in [0.25, 0.3) is 0 Å². The van der Waals surface area contributed by atoms with Crippen molar-refractivity contribution in [2.75, 3.05) is 7.11 Å². The highest BCUT2D eigenvalue weighted by Crippen LogP contribution is 2.65. The highest BCUT2D eigenvalue weighted by molar-refractivity contribution is 5.56. The van der Waals surface area contributed by atoms with E-state index in [2.05, 4.69) is 103 Å². The molecule has 8 aliphatic carbocycles. The maximum atomic E-state index is 6.97. The van der Waals surface area contributed by atoms with Gasteiger partial charge in [-0.25, -0.2) is 0 Å². The zero-order chi connectivity index (χ0) is 34.9. The summed E-state index contributed by atoms with van der Waals surface area (Å²) in [6, 6.07) is 29.9. The summed E-state index contributed by atoms with van der Waals surface area (Å²) < 4.78 is 13.3. The number of hydrogen-bond donors (Lipinski definition) is 0. The first kappa shape index (κ1) is 32.3. The van der Waals surface area contributed by atoms with Crippen molar-refractivity contribution < 1.29 is 9.47 Å². The summed E-state index contributed by atoms with van der Waals surface area (Å²) in [5.41, 5.74) is 8.75. The van der Waals surface area contributed by atoms with Crippen LogP contribution in [-0.4, -0.2) is 7.11 Å². The lowest BCUT2D eigenvalue weighted by molar-refractivity contribution is -0.00949. The Hall–Kier alpha value is -4.40. The molecule has 262 valence electrons. The fourth-order valence-electron chi connectivity index (χ4n) is 12.8. The Kier molecular flexibility index (Phi) is 7.84. The minimum absolute atomic E-state index is 0.237. The van der Waals surface area contributed by atoms with E-state index < -0.39 is 0 Å². The van der Waals surface area contributed by atoms with Gasteiger partial charge in [0.1, 0.15) is 17.2 Å². The second-order valence-corrected chi connectivity index (χ2v) is 18.0. The number of hydrogen-bond acceptors (Lipinski definition) is 2. The van der Waals surface area contributed by atoms with Crippen molar-refractivity contribution in [3.63, 3.8) is 0 Å². The van der Waals surface area contributed by atoms with Crippen LogP contribution in [0.5, 0.6) is 17.2 Å². The Morgan fingerprint density at radius 2 is 0.808 bits per heavy atom. The van der Waals surface area contributed by atoms with E-state index in [9.17, 15) is 0 Å². The van der Waals surface area contributed by atoms with Crippen LogP contribution in [0.15, 0.2) is 84.9 Å². The Labute approximate surface area is 310 Å². The molecule has 8 fully saturated rings. The molecule has 4 aromatic carbocycles. The Balaban J connectivity index is 0.927. The molecule has 0 unspecified atom stereocenters. The number of ether oxygens (including phenoxy) is 2. The first-order valence-electron chi connectivity index (χ1n) is 20.1. The average molecular weight is 683 g/mol. The lowest BCUT2D eigenvalue weighted by atomic mass is 9.46. The predicted octanol–water partition coefficient (Wildman–Crippen LogP) is 11.5. The predicted molar refractivity (Wildman–Crippen MR) is 209 cm³/mol. The third-order valence-corrected chi connectivity index (χ3v) is 14.2. The van der Waals surface area contributed by atoms with Crippen LogP contribution < -0.4 is 9.47 Å². The van der Waals surface area contributed by atoms with Crippen molar-refractivity contribution in [3.8, 4) is 40.9 Å². The van der Waals surface area contributed by atoms with E-state index in [0.29, 0.717) is 0 Å². The van der Waals surface area contributed by atoms with Gasteiger partial charge in [-0.3, -0.25) is 0 Å². The van der Waals surface area contributed by atoms with Gasteiger partial charge in [-0.1, -0.05) is 41.4 Å². The molecule has 0 radical (unpaired) electrons. The molecule has 8 saturated carbocycles. The summed E-state index contributed by atoms with van der Waals surface area (Å²) in [4.78, 5) is 0. The quantitative estimate of drug-likeness (QED) is 0.195. The smallest absolute Gasteiger partial charge is 0.134 e. The van der Waals surface area contributed by atoms with Crippen LogP contribution in [-0.2, 0) is 10.8 Å². The fourth-order valence-corrected chi connectivity index (χ4v) is 12.8. The van der Waals surface area contributed by atoms with Crippen LogP contribution in [0.2, 0.25) is 0 Å². The van der Waals surface area contributed by atoms with Gasteiger partial charge in [0.25, 0.3) is 0 Å². The van der Waals surface area contributed by atoms with Gasteiger partial charge < -0.3 is 9.47 Å². The number of aryl methyl sites for hydroxylation is 1. The van der Waals surface area contributed by atoms with Gasteiger partial charge in [-0.2, -0.15) is 0 Å². The molecule has 12 rings (SSSR count). The Morgan fingerprint density at radius 1 is 0.462 bits per heavy atom. The third-order valence-electron chi connectivity index (χ3n) is 14.2. The number of rotatable bonds is 5. The van der Waals surface area contributed by atoms with E-state index in [1.165, 1.54) is 93.7 Å². The molecule has 2 nitrogen and oxygen atoms in total. The third kappa shape index (κ3) is 5.94. The number of methoxy groups -OCH3 is 1. The zero-order valence-electron chi connectivity index (χ0n) is 30.8. The molecule has 0 saturated heterocycles. The first-order chi connectivity index (χ1) is 25.4. The molecule has 52 heavy (non-hydrogen) atoms. The largest absolute Gasteiger partial charge is 0.496 e. The highest BCUT2D eigenvalue weighted by atomic mass is 16.5. The lowest BCUT2D eigenvalue weighted by Gasteiger charge is -2.58. The highest BCUT2D eigenvalue weighted by Gasteiger charge is 2.55. The molecule has 0 atom stereocenters. The van der Waals surface area contributed by atoms with E-state index in [4.69, 9.17) is 9.47 Å². The second-order valence-electron chi connectivity index (χ2n) is 18.0. The monoisotopic (exact) mass is 682 g/mol. The maximum Gasteiger partial charge on any atom is 0.134 e. The van der Waals surface area contributed by atoms with E-state index >= 15 is 0 Å². The second kappa shape index (κ2) is 12.6. The van der Waals surface area contributed by atoms with Crippen LogP contribution in [0.1, 0.15) is 116 Å². The van der Waals surface area contributed by atoms with Crippen molar-refractivity contribution in [1.29, 1.82) is 0 Å². The van der Waals surface area contributed by atoms with Crippen molar-refractivity contribution in [2.45, 2.75) is 94.8 Å². The molecule has 0 heterocycles. The van der Waals surface area contributed by atoms with Crippen molar-refractivity contribution in [2.24, 2.45) is 35.5 Å². The minimum Gasteiger partial charge on any atom is -0.496 e. The van der Waals surface area contributed by atoms with E-state index in [1.807, 2.05) is 19.2 Å². The molecule has 0 aliphatic heterocycles. The molecule has 0 amide bonds. The standard InChI is InChI=1S/C50H50O2/c1-33-3-5-34(6-4-33)7-8-35-9-11-36(12-10-35)13-14-37-15-17-44(18-16-37)52-48-26-47(51-2)45(49-27-38-19-39(28-49)21-40(20-38)29-49)25-46(48)50-30-41-22-42(31-50)24-43(23-41)32-50/h3-6,9-12,15-18,25-26,38-43H,19-24,27-32H2,1-2H3. The maximum absolute atomic E-state index is 6.97. The van der Waals surface area contributed by atoms with Gasteiger partial charge >= 0.3 is 0 Å². The van der Waals surface area contributed by atoms with E-state index in [-0.39, 0.29) is 10.8 Å². The van der Waals surface area contributed by atoms with Gasteiger partial charge in [0.05, 0.1) is 7.11 Å². The molecule has 8 bridgehead atoms. The lowest BCUT2D eigenvalue weighted by Crippen LogP contribution is -2.50. The summed E-state index contributed by atoms with van der Waals surface area (Å²) in [7, 11) is 1.88. The SMILES string of the molecule is COc1cc(Oc2ccc(C#Cc3ccc(C#Cc4ccc(C)cc4)cc3)cc2)c(C23CC4CC(CC(C4)C2)C3)cc1C12CC3CC(CC(C3)C1)C2. The molecular formula is C50H50O2. The normalized spacial score (nSPS) is 31.7. The average Bonchev–Trinajstić information content (AvgIpc) is 3.13. The van der Waals surface area contributed by atoms with Gasteiger partial charge in [-0.15, -0.1) is 0 Å². The van der Waals surface area contributed by atoms with E-state index in [0.717, 1.165) is 75.0 Å². The molecule has 8 aliphatic rings. The van der Waals surface area contributed by atoms with Gasteiger partial charge in [0.2, 0.25) is 0 Å². The van der Waals surface area contributed by atoms with E-state index in [1.54, 1.807) is 0 Å². The van der Waals surface area contributed by atoms with Crippen LogP contribution >= 0.6 is 0 Å². The Bertz CT molecular complexity index is 2040. The Morgan fingerprint density at radius 3 is 1.19 bits per heavy atom. The van der Waals surface area contributed by atoms with Crippen LogP contribution in [0, 0.1) is 66.1 Å².